The van der Waals surface area contributed by atoms with E-state index in [-0.39, 0.29) is 41.6 Å². The highest BCUT2D eigenvalue weighted by molar-refractivity contribution is 9.09. The molecule has 0 aliphatic rings. The van der Waals surface area contributed by atoms with E-state index in [9.17, 15) is 34.6 Å². The molecule has 0 aliphatic heterocycles. The van der Waals surface area contributed by atoms with Crippen molar-refractivity contribution in [2.45, 2.75) is 0 Å². The number of phenolic OH excluding ortho intramolecular Hbond substituents is 1. The van der Waals surface area contributed by atoms with E-state index >= 15 is 0 Å². The quantitative estimate of drug-likeness (QED) is 0.0973. The van der Waals surface area contributed by atoms with Crippen molar-refractivity contribution in [3.05, 3.63) is 93.0 Å². The first-order valence-electron chi connectivity index (χ1n) is 10.9. The van der Waals surface area contributed by atoms with Crippen LogP contribution in [0, 0.1) is 20.2 Å². The second-order valence-corrected chi connectivity index (χ2v) is 7.76. The van der Waals surface area contributed by atoms with Crippen molar-refractivity contribution in [2.24, 2.45) is 17.2 Å². The zero-order valence-electron chi connectivity index (χ0n) is 21.3. The monoisotopic (exact) mass is 638 g/mol. The van der Waals surface area contributed by atoms with E-state index in [1.165, 1.54) is 48.5 Å². The van der Waals surface area contributed by atoms with Crippen molar-refractivity contribution in [1.29, 1.82) is 0 Å². The minimum atomic E-state index is -0.594. The maximum absolute atomic E-state index is 10.3. The minimum Gasteiger partial charge on any atom is -0.508 e. The summed E-state index contributed by atoms with van der Waals surface area (Å²) in [6.07, 6.45) is 0. The summed E-state index contributed by atoms with van der Waals surface area (Å²) in [4.78, 5) is 49.5. The van der Waals surface area contributed by atoms with Gasteiger partial charge >= 0.3 is 0 Å². The highest BCUT2D eigenvalue weighted by Gasteiger charge is 2.05. The Morgan fingerprint density at radius 1 is 0.683 bits per heavy atom. The Labute approximate surface area is 241 Å². The molecule has 9 N–H and O–H groups in total. The van der Waals surface area contributed by atoms with E-state index in [2.05, 4.69) is 21.7 Å². The molecule has 0 radical (unpaired) electrons. The van der Waals surface area contributed by atoms with Gasteiger partial charge in [-0.15, -0.1) is 0 Å². The lowest BCUT2D eigenvalue weighted by Gasteiger charge is -2.02. The SMILES string of the molecule is NC(=O)CBr.NC(=O)COc1ccc(N)cc1.NC(=O)COc1ccc([N+](=O)[O-])cc1.O=[N+]([O-])c1ccc(O)cc1. The average molecular weight is 639 g/mol. The molecule has 3 aromatic carbocycles. The molecule has 41 heavy (non-hydrogen) atoms. The molecule has 17 heteroatoms. The van der Waals surface area contributed by atoms with Crippen LogP contribution in [0.3, 0.4) is 0 Å². The van der Waals surface area contributed by atoms with Gasteiger partial charge < -0.3 is 37.5 Å². The maximum Gasteiger partial charge on any atom is 0.269 e. The Hall–Kier alpha value is -5.45. The number of hydrogen-bond acceptors (Lipinski definition) is 11. The van der Waals surface area contributed by atoms with Gasteiger partial charge in [0.25, 0.3) is 23.2 Å². The van der Waals surface area contributed by atoms with Crippen molar-refractivity contribution in [3.8, 4) is 17.2 Å². The number of nitro benzene ring substituents is 2. The topological polar surface area (TPSA) is 280 Å². The zero-order valence-corrected chi connectivity index (χ0v) is 22.8. The molecule has 3 aromatic rings. The molecule has 0 aliphatic carbocycles. The molecule has 0 saturated heterocycles. The molecule has 0 atom stereocenters. The maximum atomic E-state index is 10.3. The first-order valence-corrected chi connectivity index (χ1v) is 12.1. The average Bonchev–Trinajstić information content (AvgIpc) is 2.93. The number of nitrogens with zero attached hydrogens (tertiary/aromatic N) is 2. The number of aromatic hydroxyl groups is 1. The second-order valence-electron chi connectivity index (χ2n) is 7.20. The Bertz CT molecular complexity index is 1270. The Kier molecular flexibility index (Phi) is 17.0. The third-order valence-corrected chi connectivity index (χ3v) is 4.43. The van der Waals surface area contributed by atoms with Crippen molar-refractivity contribution in [2.75, 3.05) is 24.3 Å². The largest absolute Gasteiger partial charge is 0.508 e. The summed E-state index contributed by atoms with van der Waals surface area (Å²) in [5, 5.41) is 29.3. The number of carbonyl (C=O) groups excluding carboxylic acids is 3. The van der Waals surface area contributed by atoms with Crippen LogP contribution < -0.4 is 32.4 Å². The van der Waals surface area contributed by atoms with Gasteiger partial charge in [-0.3, -0.25) is 34.6 Å². The molecular weight excluding hydrogens is 612 g/mol. The van der Waals surface area contributed by atoms with E-state index in [4.69, 9.17) is 31.8 Å². The van der Waals surface area contributed by atoms with Crippen LogP contribution in [0.25, 0.3) is 0 Å². The van der Waals surface area contributed by atoms with Gasteiger partial charge in [0.05, 0.1) is 15.2 Å². The molecule has 0 saturated carbocycles. The molecule has 0 aromatic heterocycles. The van der Waals surface area contributed by atoms with E-state index in [1.54, 1.807) is 24.3 Å². The number of non-ortho nitro benzene ring substituents is 2. The molecule has 3 rings (SSSR count). The lowest BCUT2D eigenvalue weighted by atomic mass is 10.3. The van der Waals surface area contributed by atoms with Crippen molar-refractivity contribution >= 4 is 50.7 Å². The Balaban J connectivity index is 0.000000546. The predicted molar refractivity (Wildman–Crippen MR) is 151 cm³/mol. The number of nitro groups is 2. The Morgan fingerprint density at radius 2 is 1.00 bits per heavy atom. The van der Waals surface area contributed by atoms with Gasteiger partial charge in [-0.1, -0.05) is 15.9 Å². The van der Waals surface area contributed by atoms with Crippen LogP contribution >= 0.6 is 15.9 Å². The molecule has 220 valence electrons. The van der Waals surface area contributed by atoms with Crippen molar-refractivity contribution < 1.29 is 38.8 Å². The predicted octanol–water partition coefficient (Wildman–Crippen LogP) is 1.76. The van der Waals surface area contributed by atoms with Crippen LogP contribution in [0.2, 0.25) is 0 Å². The number of alkyl halides is 1. The number of phenols is 1. The van der Waals surface area contributed by atoms with Gasteiger partial charge in [0.15, 0.2) is 13.2 Å². The number of ether oxygens (including phenoxy) is 2. The highest BCUT2D eigenvalue weighted by Crippen LogP contribution is 2.17. The van der Waals surface area contributed by atoms with Gasteiger partial charge in [0.1, 0.15) is 17.2 Å². The van der Waals surface area contributed by atoms with Crippen molar-refractivity contribution in [1.82, 2.24) is 0 Å². The zero-order chi connectivity index (χ0) is 31.4. The number of benzene rings is 3. The van der Waals surface area contributed by atoms with Gasteiger partial charge in [-0.25, -0.2) is 0 Å². The number of carbonyl (C=O) groups is 3. The van der Waals surface area contributed by atoms with Crippen LogP contribution in [0.4, 0.5) is 17.1 Å². The first-order chi connectivity index (χ1) is 19.2. The highest BCUT2D eigenvalue weighted by atomic mass is 79.9. The number of nitrogen functional groups attached to an aromatic ring is 1. The lowest BCUT2D eigenvalue weighted by molar-refractivity contribution is -0.385. The standard InChI is InChI=1S/C8H8N2O4.C8H10N2O2.C6H5NO3.C2H4BrNO/c9-8(11)5-14-7-3-1-6(2-4-7)10(12)13;9-6-1-3-7(4-2-6)12-5-8(10)11;8-6-3-1-5(2-4-6)7(9)10;3-1-2(4)5/h1-4H,5H2,(H2,9,11);1-4H,5,9H2,(H2,10,11);1-4,8H;1H2,(H2,4,5). The second kappa shape index (κ2) is 19.6. The number of primary amides is 3. The van der Waals surface area contributed by atoms with E-state index in [0.717, 1.165) is 0 Å². The fraction of sp³-hybridized carbons (Fsp3) is 0.125. The summed E-state index contributed by atoms with van der Waals surface area (Å²) < 4.78 is 9.90. The van der Waals surface area contributed by atoms with Crippen LogP contribution in [0.1, 0.15) is 0 Å². The van der Waals surface area contributed by atoms with Crippen LogP contribution in [-0.2, 0) is 14.4 Å². The molecule has 0 fully saturated rings. The molecule has 0 spiro atoms. The summed E-state index contributed by atoms with van der Waals surface area (Å²) in [6, 6.07) is 17.2. The molecular formula is C24H27BrN6O10. The number of halogens is 1. The molecule has 0 unspecified atom stereocenters. The molecule has 0 heterocycles. The Morgan fingerprint density at radius 3 is 1.29 bits per heavy atom. The normalized spacial score (nSPS) is 9.10. The number of rotatable bonds is 9. The summed E-state index contributed by atoms with van der Waals surface area (Å²) in [6.45, 7) is -0.346. The number of amides is 3. The van der Waals surface area contributed by atoms with Crippen molar-refractivity contribution in [3.63, 3.8) is 0 Å². The number of nitrogens with two attached hydrogens (primary N) is 4. The van der Waals surface area contributed by atoms with Gasteiger partial charge in [-0.2, -0.15) is 0 Å². The van der Waals surface area contributed by atoms with Gasteiger partial charge in [-0.05, 0) is 48.5 Å². The number of hydrogen-bond donors (Lipinski definition) is 5. The third kappa shape index (κ3) is 18.4. The molecule has 0 bridgehead atoms. The van der Waals surface area contributed by atoms with Crippen LogP contribution in [0.5, 0.6) is 17.2 Å². The molecule has 16 nitrogen and oxygen atoms in total. The van der Waals surface area contributed by atoms with Gasteiger partial charge in [0.2, 0.25) is 5.91 Å². The number of anilines is 1. The first kappa shape index (κ1) is 35.5. The minimum absolute atomic E-state index is 0.0159. The smallest absolute Gasteiger partial charge is 0.269 e. The summed E-state index contributed by atoms with van der Waals surface area (Å²) in [5.41, 5.74) is 20.4. The fourth-order valence-corrected chi connectivity index (χ4v) is 2.11. The van der Waals surface area contributed by atoms with Gasteiger partial charge in [0, 0.05) is 30.0 Å². The van der Waals surface area contributed by atoms with E-state index in [1.807, 2.05) is 0 Å². The third-order valence-electron chi connectivity index (χ3n) is 3.88. The summed E-state index contributed by atoms with van der Waals surface area (Å²) in [5.74, 6) is -0.428. The summed E-state index contributed by atoms with van der Waals surface area (Å²) in [7, 11) is 0. The molecule has 3 amide bonds. The van der Waals surface area contributed by atoms with E-state index in [0.29, 0.717) is 17.2 Å². The summed E-state index contributed by atoms with van der Waals surface area (Å²) >= 11 is 2.84. The fourth-order valence-electron chi connectivity index (χ4n) is 2.11. The lowest BCUT2D eigenvalue weighted by Crippen LogP contribution is -2.19. The van der Waals surface area contributed by atoms with E-state index < -0.39 is 21.7 Å². The van der Waals surface area contributed by atoms with Crippen LogP contribution in [0.15, 0.2) is 72.8 Å². The van der Waals surface area contributed by atoms with Crippen LogP contribution in [-0.4, -0.2) is 51.2 Å².